The molecule has 6 heteroatoms. The average Bonchev–Trinajstić information content (AvgIpc) is 2.26. The molecule has 0 amide bonds. The van der Waals surface area contributed by atoms with Crippen molar-refractivity contribution in [1.29, 1.82) is 0 Å². The van der Waals surface area contributed by atoms with Crippen LogP contribution in [0.15, 0.2) is 15.5 Å². The van der Waals surface area contributed by atoms with Gasteiger partial charge in [0.1, 0.15) is 4.47 Å². The highest BCUT2D eigenvalue weighted by Crippen LogP contribution is 2.19. The highest BCUT2D eigenvalue weighted by molar-refractivity contribution is 9.10. The Labute approximate surface area is 95.4 Å². The van der Waals surface area contributed by atoms with Gasteiger partial charge in [-0.05, 0) is 28.8 Å². The molecule has 0 unspecified atom stereocenters. The molecule has 0 bridgehead atoms. The molecule has 15 heavy (non-hydrogen) atoms. The quantitative estimate of drug-likeness (QED) is 0.848. The fourth-order valence-electron chi connectivity index (χ4n) is 1.55. The molecule has 1 aliphatic heterocycles. The van der Waals surface area contributed by atoms with Gasteiger partial charge in [0.25, 0.3) is 5.56 Å². The molecule has 0 aliphatic carbocycles. The number of anilines is 1. The Morgan fingerprint density at radius 1 is 1.53 bits per heavy atom. The summed E-state index contributed by atoms with van der Waals surface area (Å²) in [5.41, 5.74) is 0.526. The topological polar surface area (TPSA) is 67.0 Å². The Hall–Kier alpha value is -0.880. The van der Waals surface area contributed by atoms with E-state index in [1.807, 2.05) is 0 Å². The first-order valence-electron chi connectivity index (χ1n) is 4.85. The molecule has 2 N–H and O–H groups in total. The van der Waals surface area contributed by atoms with Crippen LogP contribution in [0.4, 0.5) is 5.69 Å². The minimum atomic E-state index is -0.216. The Balaban J connectivity index is 2.09. The zero-order valence-corrected chi connectivity index (χ0v) is 9.71. The molecule has 0 radical (unpaired) electrons. The van der Waals surface area contributed by atoms with Gasteiger partial charge < -0.3 is 10.1 Å². The zero-order chi connectivity index (χ0) is 10.7. The number of nitrogens with one attached hydrogen (secondary N) is 2. The molecule has 1 fully saturated rings. The van der Waals surface area contributed by atoms with Crippen LogP contribution in [-0.2, 0) is 4.74 Å². The Morgan fingerprint density at radius 3 is 3.00 bits per heavy atom. The second-order valence-corrected chi connectivity index (χ2v) is 4.25. The molecule has 1 aliphatic rings. The van der Waals surface area contributed by atoms with Crippen molar-refractivity contribution in [3.8, 4) is 0 Å². The Kier molecular flexibility index (Phi) is 3.37. The van der Waals surface area contributed by atoms with Crippen molar-refractivity contribution in [2.75, 3.05) is 18.5 Å². The number of nitrogens with zero attached hydrogens (tertiary/aromatic N) is 1. The molecule has 82 valence electrons. The van der Waals surface area contributed by atoms with Crippen LogP contribution in [0, 0.1) is 0 Å². The standard InChI is InChI=1S/C9H12BrN3O2/c10-8-7(5-11-13-9(8)14)12-6-1-3-15-4-2-6/h5-6H,1-4H2,(H2,12,13,14). The highest BCUT2D eigenvalue weighted by Gasteiger charge is 2.15. The summed E-state index contributed by atoms with van der Waals surface area (Å²) in [6, 6.07) is 0.360. The molecule has 0 aromatic carbocycles. The van der Waals surface area contributed by atoms with E-state index in [1.54, 1.807) is 6.20 Å². The van der Waals surface area contributed by atoms with E-state index in [0.717, 1.165) is 31.7 Å². The average molecular weight is 274 g/mol. The lowest BCUT2D eigenvalue weighted by Crippen LogP contribution is -2.28. The first-order chi connectivity index (χ1) is 7.27. The first-order valence-corrected chi connectivity index (χ1v) is 5.64. The summed E-state index contributed by atoms with van der Waals surface area (Å²) >= 11 is 3.23. The molecule has 0 saturated carbocycles. The van der Waals surface area contributed by atoms with Crippen LogP contribution >= 0.6 is 15.9 Å². The van der Waals surface area contributed by atoms with E-state index >= 15 is 0 Å². The maximum atomic E-state index is 11.3. The summed E-state index contributed by atoms with van der Waals surface area (Å²) in [5.74, 6) is 0. The SMILES string of the molecule is O=c1[nH]ncc(NC2CCOCC2)c1Br. The van der Waals surface area contributed by atoms with Crippen molar-refractivity contribution >= 4 is 21.6 Å². The normalized spacial score (nSPS) is 17.7. The second-order valence-electron chi connectivity index (χ2n) is 3.46. The molecule has 0 atom stereocenters. The largest absolute Gasteiger partial charge is 0.381 e. The summed E-state index contributed by atoms with van der Waals surface area (Å²) in [7, 11) is 0. The molecule has 1 aromatic heterocycles. The maximum absolute atomic E-state index is 11.3. The third-order valence-electron chi connectivity index (χ3n) is 2.38. The number of halogens is 1. The van der Waals surface area contributed by atoms with Crippen molar-refractivity contribution < 1.29 is 4.74 Å². The van der Waals surface area contributed by atoms with Crippen LogP contribution in [0.1, 0.15) is 12.8 Å². The third-order valence-corrected chi connectivity index (χ3v) is 3.16. The molecule has 2 rings (SSSR count). The minimum absolute atomic E-state index is 0.216. The van der Waals surface area contributed by atoms with E-state index in [9.17, 15) is 4.79 Å². The number of rotatable bonds is 2. The van der Waals surface area contributed by atoms with Gasteiger partial charge >= 0.3 is 0 Å². The third kappa shape index (κ3) is 2.57. The van der Waals surface area contributed by atoms with Crippen LogP contribution in [0.2, 0.25) is 0 Å². The van der Waals surface area contributed by atoms with Crippen LogP contribution in [0.3, 0.4) is 0 Å². The number of aromatic nitrogens is 2. The first kappa shape index (κ1) is 10.6. The van der Waals surface area contributed by atoms with E-state index < -0.39 is 0 Å². The smallest absolute Gasteiger partial charge is 0.280 e. The molecule has 1 saturated heterocycles. The number of H-pyrrole nitrogens is 1. The van der Waals surface area contributed by atoms with Gasteiger partial charge in [0.05, 0.1) is 11.9 Å². The number of aromatic amines is 1. The Bertz CT molecular complexity index is 387. The van der Waals surface area contributed by atoms with E-state index in [2.05, 4.69) is 31.4 Å². The van der Waals surface area contributed by atoms with Crippen LogP contribution in [-0.4, -0.2) is 29.5 Å². The van der Waals surface area contributed by atoms with Crippen LogP contribution in [0.25, 0.3) is 0 Å². The lowest BCUT2D eigenvalue weighted by molar-refractivity contribution is 0.0904. The van der Waals surface area contributed by atoms with Crippen molar-refractivity contribution in [2.24, 2.45) is 0 Å². The van der Waals surface area contributed by atoms with Crippen LogP contribution < -0.4 is 10.9 Å². The fraction of sp³-hybridized carbons (Fsp3) is 0.556. The molecule has 5 nitrogen and oxygen atoms in total. The zero-order valence-electron chi connectivity index (χ0n) is 8.12. The van der Waals surface area contributed by atoms with E-state index in [4.69, 9.17) is 4.74 Å². The summed E-state index contributed by atoms with van der Waals surface area (Å²) in [5, 5.41) is 9.39. The lowest BCUT2D eigenvalue weighted by atomic mass is 10.1. The van der Waals surface area contributed by atoms with E-state index in [0.29, 0.717) is 10.5 Å². The van der Waals surface area contributed by atoms with Gasteiger partial charge in [-0.1, -0.05) is 0 Å². The minimum Gasteiger partial charge on any atom is -0.381 e. The second kappa shape index (κ2) is 4.76. The van der Waals surface area contributed by atoms with Gasteiger partial charge in [0.2, 0.25) is 0 Å². The number of hydrogen-bond donors (Lipinski definition) is 2. The maximum Gasteiger partial charge on any atom is 0.280 e. The molecular weight excluding hydrogens is 262 g/mol. The molecular formula is C9H12BrN3O2. The predicted molar refractivity (Wildman–Crippen MR) is 60.0 cm³/mol. The summed E-state index contributed by atoms with van der Waals surface area (Å²) in [6.07, 6.45) is 3.53. The van der Waals surface area contributed by atoms with Gasteiger partial charge in [0.15, 0.2) is 0 Å². The van der Waals surface area contributed by atoms with Crippen molar-refractivity contribution in [3.63, 3.8) is 0 Å². The van der Waals surface area contributed by atoms with E-state index in [-0.39, 0.29) is 5.56 Å². The Morgan fingerprint density at radius 2 is 2.27 bits per heavy atom. The molecule has 2 heterocycles. The summed E-state index contributed by atoms with van der Waals surface area (Å²) in [4.78, 5) is 11.3. The predicted octanol–water partition coefficient (Wildman–Crippen LogP) is 1.12. The van der Waals surface area contributed by atoms with Crippen molar-refractivity contribution in [1.82, 2.24) is 10.2 Å². The van der Waals surface area contributed by atoms with Gasteiger partial charge in [-0.2, -0.15) is 5.10 Å². The van der Waals surface area contributed by atoms with Gasteiger partial charge in [-0.3, -0.25) is 4.79 Å². The lowest BCUT2D eigenvalue weighted by Gasteiger charge is -2.24. The van der Waals surface area contributed by atoms with E-state index in [1.165, 1.54) is 0 Å². The van der Waals surface area contributed by atoms with Gasteiger partial charge in [-0.25, -0.2) is 5.10 Å². The van der Waals surface area contributed by atoms with Gasteiger partial charge in [-0.15, -0.1) is 0 Å². The van der Waals surface area contributed by atoms with Crippen LogP contribution in [0.5, 0.6) is 0 Å². The van der Waals surface area contributed by atoms with Crippen molar-refractivity contribution in [3.05, 3.63) is 21.0 Å². The fourth-order valence-corrected chi connectivity index (χ4v) is 1.85. The highest BCUT2D eigenvalue weighted by atomic mass is 79.9. The molecule has 0 spiro atoms. The van der Waals surface area contributed by atoms with Gasteiger partial charge in [0, 0.05) is 19.3 Å². The number of ether oxygens (including phenoxy) is 1. The summed E-state index contributed by atoms with van der Waals surface area (Å²) in [6.45, 7) is 1.54. The number of hydrogen-bond acceptors (Lipinski definition) is 4. The molecule has 1 aromatic rings. The van der Waals surface area contributed by atoms with Crippen molar-refractivity contribution in [2.45, 2.75) is 18.9 Å². The summed E-state index contributed by atoms with van der Waals surface area (Å²) < 4.78 is 5.76. The monoisotopic (exact) mass is 273 g/mol.